The SMILES string of the molecule is O=C1O[C@@H]2CCCO[C@@H]2COCCOCCOC[C@H]2OCCC[C@H]2OC(=O)c2cccc1n2. The molecule has 10 nitrogen and oxygen atoms in total. The van der Waals surface area contributed by atoms with Crippen LogP contribution in [0.15, 0.2) is 18.2 Å². The Morgan fingerprint density at radius 1 is 0.636 bits per heavy atom. The highest BCUT2D eigenvalue weighted by Gasteiger charge is 2.32. The highest BCUT2D eigenvalue weighted by Crippen LogP contribution is 2.21. The van der Waals surface area contributed by atoms with E-state index in [-0.39, 0.29) is 36.8 Å². The van der Waals surface area contributed by atoms with Crippen LogP contribution in [-0.2, 0) is 33.2 Å². The van der Waals surface area contributed by atoms with E-state index < -0.39 is 24.1 Å². The number of aromatic nitrogens is 1. The van der Waals surface area contributed by atoms with Crippen molar-refractivity contribution in [3.8, 4) is 0 Å². The van der Waals surface area contributed by atoms with Crippen molar-refractivity contribution in [3.63, 3.8) is 0 Å². The summed E-state index contributed by atoms with van der Waals surface area (Å²) in [6.07, 6.45) is 1.24. The average Bonchev–Trinajstić information content (AvgIpc) is 2.84. The molecule has 4 heterocycles. The maximum atomic E-state index is 12.8. The van der Waals surface area contributed by atoms with E-state index in [9.17, 15) is 9.59 Å². The topological polar surface area (TPSA) is 112 Å². The van der Waals surface area contributed by atoms with Crippen molar-refractivity contribution in [2.24, 2.45) is 0 Å². The van der Waals surface area contributed by atoms with E-state index >= 15 is 0 Å². The zero-order valence-corrected chi connectivity index (χ0v) is 18.6. The first kappa shape index (κ1) is 24.0. The Morgan fingerprint density at radius 3 is 1.64 bits per heavy atom. The molecule has 0 aromatic carbocycles. The predicted molar refractivity (Wildman–Crippen MR) is 113 cm³/mol. The van der Waals surface area contributed by atoms with Crippen LogP contribution in [0.1, 0.15) is 46.7 Å². The van der Waals surface area contributed by atoms with Gasteiger partial charge in [-0.15, -0.1) is 0 Å². The van der Waals surface area contributed by atoms with Crippen LogP contribution in [0.2, 0.25) is 0 Å². The maximum Gasteiger partial charge on any atom is 0.357 e. The van der Waals surface area contributed by atoms with Crippen LogP contribution in [0.5, 0.6) is 0 Å². The minimum atomic E-state index is -0.616. The molecule has 3 aliphatic heterocycles. The fraction of sp³-hybridized carbons (Fsp3) is 0.696. The Bertz CT molecular complexity index is 730. The molecule has 4 atom stereocenters. The third kappa shape index (κ3) is 6.94. The Balaban J connectivity index is 1.48. The minimum absolute atomic E-state index is 0.0391. The third-order valence-electron chi connectivity index (χ3n) is 5.75. The molecular formula is C23H31NO9. The first-order valence-electron chi connectivity index (χ1n) is 11.6. The van der Waals surface area contributed by atoms with Crippen LogP contribution in [-0.4, -0.2) is 94.2 Å². The first-order valence-corrected chi connectivity index (χ1v) is 11.6. The normalized spacial score (nSPS) is 30.8. The molecule has 10 heteroatoms. The number of carbonyl (C=O) groups is 2. The number of pyridine rings is 1. The predicted octanol–water partition coefficient (Wildman–Crippen LogP) is 1.55. The van der Waals surface area contributed by atoms with E-state index in [1.165, 1.54) is 12.1 Å². The second-order valence-corrected chi connectivity index (χ2v) is 8.16. The van der Waals surface area contributed by atoms with Crippen molar-refractivity contribution in [2.45, 2.75) is 50.1 Å². The van der Waals surface area contributed by atoms with Gasteiger partial charge in [0.2, 0.25) is 0 Å². The van der Waals surface area contributed by atoms with Gasteiger partial charge in [0.25, 0.3) is 0 Å². The monoisotopic (exact) mass is 465 g/mol. The van der Waals surface area contributed by atoms with Crippen molar-refractivity contribution in [2.75, 3.05) is 52.9 Å². The van der Waals surface area contributed by atoms with E-state index in [0.29, 0.717) is 52.5 Å². The Morgan fingerprint density at radius 2 is 1.12 bits per heavy atom. The molecule has 0 N–H and O–H groups in total. The lowest BCUT2D eigenvalue weighted by Crippen LogP contribution is -2.41. The van der Waals surface area contributed by atoms with Gasteiger partial charge in [0, 0.05) is 13.2 Å². The zero-order valence-electron chi connectivity index (χ0n) is 18.6. The summed E-state index contributed by atoms with van der Waals surface area (Å²) in [4.78, 5) is 29.7. The van der Waals surface area contributed by atoms with E-state index in [0.717, 1.165) is 12.8 Å². The Hall–Kier alpha value is -2.11. The number of fused-ring (bicyclic) bond motifs is 4. The summed E-state index contributed by atoms with van der Waals surface area (Å²) in [5.74, 6) is -1.23. The van der Waals surface area contributed by atoms with E-state index in [1.54, 1.807) is 6.07 Å². The van der Waals surface area contributed by atoms with Crippen molar-refractivity contribution in [1.29, 1.82) is 0 Å². The molecule has 0 amide bonds. The van der Waals surface area contributed by atoms with Gasteiger partial charge in [0.15, 0.2) is 0 Å². The second-order valence-electron chi connectivity index (χ2n) is 8.16. The summed E-state index contributed by atoms with van der Waals surface area (Å²) < 4.78 is 39.7. The summed E-state index contributed by atoms with van der Waals surface area (Å²) >= 11 is 0. The largest absolute Gasteiger partial charge is 0.455 e. The molecule has 2 fully saturated rings. The number of hydrogen-bond donors (Lipinski definition) is 0. The zero-order chi connectivity index (χ0) is 22.9. The highest BCUT2D eigenvalue weighted by atomic mass is 16.6. The molecule has 0 saturated carbocycles. The summed E-state index contributed by atoms with van der Waals surface area (Å²) in [6, 6.07) is 4.61. The summed E-state index contributed by atoms with van der Waals surface area (Å²) in [7, 11) is 0. The number of rotatable bonds is 0. The van der Waals surface area contributed by atoms with Gasteiger partial charge in [-0.25, -0.2) is 14.6 Å². The molecule has 3 aliphatic rings. The lowest BCUT2D eigenvalue weighted by atomic mass is 10.1. The number of nitrogens with zero attached hydrogens (tertiary/aromatic N) is 1. The van der Waals surface area contributed by atoms with E-state index in [2.05, 4.69) is 4.98 Å². The first-order chi connectivity index (χ1) is 16.2. The standard InChI is InChI=1S/C23H31NO9/c25-22-16-4-1-5-17(24-16)23(26)33-19-7-3-9-31-21(19)15-29-13-11-27-10-12-28-14-20-18(32-22)6-2-8-30-20/h1,4-5,18-21H,2-3,6-15H2/t18-,19-,20-,21-/m1/s1. The van der Waals surface area contributed by atoms with Gasteiger partial charge in [-0.3, -0.25) is 0 Å². The number of carbonyl (C=O) groups excluding carboxylic acids is 2. The molecular weight excluding hydrogens is 434 g/mol. The molecule has 0 aliphatic carbocycles. The van der Waals surface area contributed by atoms with Gasteiger partial charge in [-0.05, 0) is 37.8 Å². The van der Waals surface area contributed by atoms with Gasteiger partial charge in [-0.1, -0.05) is 6.07 Å². The van der Waals surface area contributed by atoms with Crippen LogP contribution in [0, 0.1) is 0 Å². The van der Waals surface area contributed by atoms with Crippen LogP contribution >= 0.6 is 0 Å². The van der Waals surface area contributed by atoms with E-state index in [1.807, 2.05) is 0 Å². The fourth-order valence-corrected chi connectivity index (χ4v) is 4.00. The quantitative estimate of drug-likeness (QED) is 0.523. The van der Waals surface area contributed by atoms with Crippen molar-refractivity contribution in [1.82, 2.24) is 4.98 Å². The summed E-state index contributed by atoms with van der Waals surface area (Å²) in [6.45, 7) is 3.37. The molecule has 2 saturated heterocycles. The molecule has 0 unspecified atom stereocenters. The molecule has 182 valence electrons. The van der Waals surface area contributed by atoms with Crippen molar-refractivity contribution < 1.29 is 42.7 Å². The smallest absolute Gasteiger partial charge is 0.357 e. The van der Waals surface area contributed by atoms with Gasteiger partial charge >= 0.3 is 11.9 Å². The van der Waals surface area contributed by atoms with Gasteiger partial charge in [0.05, 0.1) is 39.6 Å². The third-order valence-corrected chi connectivity index (χ3v) is 5.75. The van der Waals surface area contributed by atoms with Gasteiger partial charge in [-0.2, -0.15) is 0 Å². The van der Waals surface area contributed by atoms with E-state index in [4.69, 9.17) is 33.2 Å². The number of ether oxygens (including phenoxy) is 7. The molecule has 4 rings (SSSR count). The minimum Gasteiger partial charge on any atom is -0.455 e. The van der Waals surface area contributed by atoms with Crippen LogP contribution in [0.25, 0.3) is 0 Å². The van der Waals surface area contributed by atoms with Crippen LogP contribution in [0.3, 0.4) is 0 Å². The summed E-state index contributed by atoms with van der Waals surface area (Å²) in [5.41, 5.74) is 0.0783. The lowest BCUT2D eigenvalue weighted by Gasteiger charge is -2.31. The Labute approximate surface area is 192 Å². The van der Waals surface area contributed by atoms with Crippen molar-refractivity contribution >= 4 is 11.9 Å². The van der Waals surface area contributed by atoms with Crippen LogP contribution in [0.4, 0.5) is 0 Å². The molecule has 0 spiro atoms. The maximum absolute atomic E-state index is 12.8. The molecule has 0 radical (unpaired) electrons. The van der Waals surface area contributed by atoms with Crippen LogP contribution < -0.4 is 0 Å². The summed E-state index contributed by atoms with van der Waals surface area (Å²) in [5, 5.41) is 0. The molecule has 33 heavy (non-hydrogen) atoms. The number of hydrogen-bond acceptors (Lipinski definition) is 10. The molecule has 1 aromatic heterocycles. The number of esters is 2. The van der Waals surface area contributed by atoms with Gasteiger partial charge < -0.3 is 33.2 Å². The highest BCUT2D eigenvalue weighted by molar-refractivity contribution is 5.91. The van der Waals surface area contributed by atoms with Gasteiger partial charge in [0.1, 0.15) is 35.8 Å². The Kier molecular flexibility index (Phi) is 9.01. The molecule has 2 bridgehead atoms. The lowest BCUT2D eigenvalue weighted by molar-refractivity contribution is -0.121. The fourth-order valence-electron chi connectivity index (χ4n) is 4.00. The van der Waals surface area contributed by atoms with Crippen molar-refractivity contribution in [3.05, 3.63) is 29.6 Å². The average molecular weight is 465 g/mol. The second kappa shape index (κ2) is 12.4. The molecule has 1 aromatic rings.